The van der Waals surface area contributed by atoms with Crippen molar-refractivity contribution in [2.45, 2.75) is 38.9 Å². The van der Waals surface area contributed by atoms with Gasteiger partial charge in [-0.15, -0.1) is 11.3 Å². The molecule has 0 saturated carbocycles. The van der Waals surface area contributed by atoms with Gasteiger partial charge in [0.25, 0.3) is 0 Å². The van der Waals surface area contributed by atoms with Crippen LogP contribution in [0.2, 0.25) is 0 Å². The molecule has 0 unspecified atom stereocenters. The summed E-state index contributed by atoms with van der Waals surface area (Å²) in [4.78, 5) is 0.227. The lowest BCUT2D eigenvalue weighted by atomic mass is 9.88. The summed E-state index contributed by atoms with van der Waals surface area (Å²) in [6, 6.07) is 1.90. The fourth-order valence-electron chi connectivity index (χ4n) is 1.39. The minimum absolute atomic E-state index is 0.0232. The van der Waals surface area contributed by atoms with Gasteiger partial charge in [-0.05, 0) is 33.7 Å². The smallest absolute Gasteiger partial charge is 0.399 e. The largest absolute Gasteiger partial charge is 0.505 e. The summed E-state index contributed by atoms with van der Waals surface area (Å²) in [6.45, 7) is 7.71. The predicted octanol–water partition coefficient (Wildman–Crippen LogP) is 1.92. The van der Waals surface area contributed by atoms with Crippen LogP contribution >= 0.6 is 11.3 Å². The van der Waals surface area contributed by atoms with E-state index in [-0.39, 0.29) is 17.0 Å². The molecule has 0 aromatic carbocycles. The first-order valence-electron chi connectivity index (χ1n) is 6.05. The molecule has 1 aliphatic rings. The van der Waals surface area contributed by atoms with E-state index >= 15 is 0 Å². The van der Waals surface area contributed by atoms with Gasteiger partial charge in [0.2, 0.25) is 0 Å². The van der Waals surface area contributed by atoms with Gasteiger partial charge in [0, 0.05) is 4.78 Å². The van der Waals surface area contributed by atoms with E-state index in [1.54, 1.807) is 0 Å². The molecule has 1 aromatic heterocycles. The first-order chi connectivity index (χ1) is 8.19. The molecular formula is C11H14BNO2S. The Morgan fingerprint density at radius 3 is 2.31 bits per heavy atom. The van der Waals surface area contributed by atoms with Crippen molar-refractivity contribution in [3.8, 4) is 6.07 Å². The van der Waals surface area contributed by atoms with Gasteiger partial charge in [-0.2, -0.15) is 5.26 Å². The molecule has 0 aliphatic carbocycles. The quantitative estimate of drug-likeness (QED) is 0.427. The third kappa shape index (κ3) is 1.77. The lowest BCUT2D eigenvalue weighted by Crippen LogP contribution is -2.41. The summed E-state index contributed by atoms with van der Waals surface area (Å²) < 4.78 is 27.7. The van der Waals surface area contributed by atoms with E-state index in [1.165, 1.54) is 0 Å². The third-order valence-electron chi connectivity index (χ3n) is 3.08. The highest BCUT2D eigenvalue weighted by Crippen LogP contribution is 2.36. The van der Waals surface area contributed by atoms with Crippen LogP contribution in [0.5, 0.6) is 0 Å². The Hall–Kier alpha value is -0.825. The fraction of sp³-hybridized carbons (Fsp3) is 0.545. The van der Waals surface area contributed by atoms with Crippen LogP contribution in [0.1, 0.15) is 35.3 Å². The van der Waals surface area contributed by atoms with Gasteiger partial charge in [0.1, 0.15) is 10.9 Å². The summed E-state index contributed by atoms with van der Waals surface area (Å²) in [5, 5.41) is 8.88. The number of nitrogens with zero attached hydrogens (tertiary/aromatic N) is 1. The summed E-state index contributed by atoms with van der Waals surface area (Å²) in [5.74, 6) is 0. The minimum atomic E-state index is -0.668. The van der Waals surface area contributed by atoms with Crippen molar-refractivity contribution in [2.75, 3.05) is 0 Å². The first kappa shape index (κ1) is 9.23. The van der Waals surface area contributed by atoms with Crippen LogP contribution in [0.15, 0.2) is 12.1 Å². The molecule has 2 heterocycles. The highest BCUT2D eigenvalue weighted by atomic mass is 32.1. The Balaban J connectivity index is 2.39. The molecule has 0 bridgehead atoms. The summed E-state index contributed by atoms with van der Waals surface area (Å²) in [6.07, 6.45) is 0. The third-order valence-corrected chi connectivity index (χ3v) is 3.99. The number of thiophene rings is 1. The Kier molecular flexibility index (Phi) is 2.07. The molecule has 1 saturated heterocycles. The topological polar surface area (TPSA) is 42.2 Å². The molecule has 0 radical (unpaired) electrons. The maximum atomic E-state index is 8.88. The van der Waals surface area contributed by atoms with Gasteiger partial charge in [-0.3, -0.25) is 0 Å². The standard InChI is InChI=1S/C11H14BNO2S/c1-10(2)11(3,4)15-12(14-10)9-6-5-8(7-13)16-9/h5-6H,1-4H3/i5D,6D,7+1,13+1. The molecule has 16 heavy (non-hydrogen) atoms. The maximum Gasteiger partial charge on any atom is 0.505 e. The van der Waals surface area contributed by atoms with Gasteiger partial charge < -0.3 is 9.31 Å². The van der Waals surface area contributed by atoms with Gasteiger partial charge in [0.15, 0.2) is 0 Å². The molecular weight excluding hydrogens is 223 g/mol. The minimum Gasteiger partial charge on any atom is -0.399 e. The van der Waals surface area contributed by atoms with Gasteiger partial charge >= 0.3 is 7.12 Å². The van der Waals surface area contributed by atoms with E-state index in [1.807, 2.05) is 33.8 Å². The zero-order valence-electron chi connectivity index (χ0n) is 11.7. The lowest BCUT2D eigenvalue weighted by molar-refractivity contribution is 0.00578. The van der Waals surface area contributed by atoms with Crippen molar-refractivity contribution >= 4 is 23.2 Å². The van der Waals surface area contributed by atoms with E-state index in [9.17, 15) is 0 Å². The summed E-state index contributed by atoms with van der Waals surface area (Å²) in [5.41, 5.74) is -0.966. The van der Waals surface area contributed by atoms with Crippen LogP contribution in [0.4, 0.5) is 0 Å². The van der Waals surface area contributed by atoms with Gasteiger partial charge in [-0.25, -0.2) is 0 Å². The van der Waals surface area contributed by atoms with Crippen molar-refractivity contribution in [1.82, 2.24) is 0 Å². The van der Waals surface area contributed by atoms with Crippen LogP contribution in [0.3, 0.4) is 0 Å². The Morgan fingerprint density at radius 2 is 1.88 bits per heavy atom. The van der Waals surface area contributed by atoms with Crippen LogP contribution in [-0.4, -0.2) is 18.3 Å². The normalized spacial score (nSPS) is 23.8. The number of nitriles is 1. The second-order valence-electron chi connectivity index (χ2n) is 4.75. The molecule has 1 aliphatic heterocycles. The highest BCUT2D eigenvalue weighted by molar-refractivity contribution is 7.22. The van der Waals surface area contributed by atoms with Crippen LogP contribution < -0.4 is 4.78 Å². The van der Waals surface area contributed by atoms with E-state index in [2.05, 4.69) is 0 Å². The van der Waals surface area contributed by atoms with Crippen molar-refractivity contribution in [1.29, 1.82) is 5.26 Å². The van der Waals surface area contributed by atoms with Crippen molar-refractivity contribution in [2.24, 2.45) is 0 Å². The summed E-state index contributed by atoms with van der Waals surface area (Å²) >= 11 is 1.10. The zero-order valence-corrected chi connectivity index (χ0v) is 10.6. The Labute approximate surface area is 103 Å². The molecule has 1 aromatic rings. The van der Waals surface area contributed by atoms with Crippen molar-refractivity contribution < 1.29 is 12.1 Å². The van der Waals surface area contributed by atoms with Gasteiger partial charge in [0.05, 0.1) is 13.9 Å². The summed E-state index contributed by atoms with van der Waals surface area (Å²) in [7, 11) is -0.668. The van der Waals surface area contributed by atoms with Crippen LogP contribution in [-0.2, 0) is 9.31 Å². The number of rotatable bonds is 1. The monoisotopic (exact) mass is 239 g/mol. The number of hydrogen-bond donors (Lipinski definition) is 0. The fourth-order valence-corrected chi connectivity index (χ4v) is 2.05. The molecule has 84 valence electrons. The van der Waals surface area contributed by atoms with Crippen molar-refractivity contribution in [3.63, 3.8) is 0 Å². The molecule has 5 heteroatoms. The lowest BCUT2D eigenvalue weighted by Gasteiger charge is -2.32. The number of hydrogen-bond acceptors (Lipinski definition) is 4. The van der Waals surface area contributed by atoms with E-state index in [0.29, 0.717) is 4.78 Å². The van der Waals surface area contributed by atoms with Crippen LogP contribution in [0.25, 0.3) is 0 Å². The molecule has 0 spiro atoms. The predicted molar refractivity (Wildman–Crippen MR) is 64.8 cm³/mol. The average molecular weight is 239 g/mol. The highest BCUT2D eigenvalue weighted by Gasteiger charge is 2.52. The molecule has 2 rings (SSSR count). The second kappa shape index (κ2) is 3.59. The van der Waals surface area contributed by atoms with Crippen LogP contribution in [0, 0.1) is 11.3 Å². The first-order valence-corrected chi connectivity index (χ1v) is 5.87. The van der Waals surface area contributed by atoms with Crippen molar-refractivity contribution in [3.05, 3.63) is 17.0 Å². The second-order valence-corrected chi connectivity index (χ2v) is 5.80. The Morgan fingerprint density at radius 1 is 1.31 bits per heavy atom. The average Bonchev–Trinajstić information content (AvgIpc) is 2.64. The zero-order chi connectivity index (χ0) is 13.7. The van der Waals surface area contributed by atoms with E-state index in [4.69, 9.17) is 17.3 Å². The van der Waals surface area contributed by atoms with E-state index in [0.717, 1.165) is 11.3 Å². The molecule has 3 nitrogen and oxygen atoms in total. The molecule has 0 amide bonds. The maximum absolute atomic E-state index is 8.88. The Bertz CT molecular complexity index is 520. The van der Waals surface area contributed by atoms with E-state index < -0.39 is 18.3 Å². The van der Waals surface area contributed by atoms with Gasteiger partial charge in [-0.1, -0.05) is 6.04 Å². The molecule has 0 atom stereocenters. The molecule has 0 N–H and O–H groups in total. The SMILES string of the molecule is [2H]c1c([13C]#[15N])sc(B2OC(C)(C)C(C)(C)O2)c1[2H]. The molecule has 1 fully saturated rings.